The second kappa shape index (κ2) is 12.8. The van der Waals surface area contributed by atoms with Crippen molar-refractivity contribution >= 4 is 49.3 Å². The summed E-state index contributed by atoms with van der Waals surface area (Å²) in [6, 6.07) is 49.9. The van der Waals surface area contributed by atoms with Crippen LogP contribution in [0.25, 0.3) is 60.1 Å². The zero-order chi connectivity index (χ0) is 35.5. The van der Waals surface area contributed by atoms with Gasteiger partial charge >= 0.3 is 0 Å². The van der Waals surface area contributed by atoms with Crippen LogP contribution < -0.4 is 0 Å². The topological polar surface area (TPSA) is 12.4 Å². The van der Waals surface area contributed by atoms with Crippen molar-refractivity contribution in [2.45, 2.75) is 52.9 Å². The van der Waals surface area contributed by atoms with Crippen LogP contribution in [-0.4, -0.2) is 5.71 Å². The lowest BCUT2D eigenvalue weighted by molar-refractivity contribution is 0.863. The highest BCUT2D eigenvalue weighted by Crippen LogP contribution is 2.48. The molecule has 0 radical (unpaired) electrons. The average Bonchev–Trinajstić information content (AvgIpc) is 3.56. The molecule has 8 aromatic rings. The minimum Gasteiger partial charge on any atom is -0.252 e. The van der Waals surface area contributed by atoms with Crippen molar-refractivity contribution in [1.82, 2.24) is 0 Å². The van der Waals surface area contributed by atoms with E-state index in [9.17, 15) is 0 Å². The Kier molecular flexibility index (Phi) is 7.89. The Hall–Kier alpha value is -5.79. The Labute approximate surface area is 307 Å². The van der Waals surface area contributed by atoms with Crippen molar-refractivity contribution < 1.29 is 0 Å². The second-order valence-electron chi connectivity index (χ2n) is 14.7. The van der Waals surface area contributed by atoms with Gasteiger partial charge in [-0.2, -0.15) is 0 Å². The van der Waals surface area contributed by atoms with Crippen LogP contribution in [0, 0.1) is 13.8 Å². The van der Waals surface area contributed by atoms with Crippen LogP contribution >= 0.6 is 0 Å². The van der Waals surface area contributed by atoms with E-state index in [-0.39, 0.29) is 5.92 Å². The molecule has 0 N–H and O–H groups in total. The number of rotatable bonds is 8. The summed E-state index contributed by atoms with van der Waals surface area (Å²) in [5.74, 6) is 0.248. The van der Waals surface area contributed by atoms with E-state index in [1.807, 2.05) is 0 Å². The third-order valence-electron chi connectivity index (χ3n) is 11.5. The molecule has 1 heteroatoms. The molecule has 252 valence electrons. The molecular formula is C51H43N. The van der Waals surface area contributed by atoms with Crippen LogP contribution in [0.2, 0.25) is 0 Å². The number of para-hydroxylation sites is 1. The number of benzene rings is 8. The van der Waals surface area contributed by atoms with E-state index >= 15 is 0 Å². The summed E-state index contributed by atoms with van der Waals surface area (Å²) in [4.78, 5) is 5.39. The van der Waals surface area contributed by atoms with Crippen molar-refractivity contribution in [3.05, 3.63) is 179 Å². The van der Waals surface area contributed by atoms with Crippen LogP contribution in [0.1, 0.15) is 65.1 Å². The summed E-state index contributed by atoms with van der Waals surface area (Å²) in [5.41, 5.74) is 17.4. The van der Waals surface area contributed by atoms with Crippen LogP contribution in [-0.2, 0) is 12.8 Å². The number of aryl methyl sites for hydroxylation is 3. The standard InChI is InChI=1S/C51H43N/c1-6-34-18-22-36(23-19-34)45-29-44(33(5)28-37-13-9-8-12-32(37)4)40-24-25-42-46(35-20-16-31(3)17-21-35)30-47(43-27-26-41(45)49(40)50(42)43)51-38(7-2)39-14-10-11-15-48(39)52-51/h8-27,29-30,38H,5-7,28H2,1-4H3. The van der Waals surface area contributed by atoms with E-state index in [0.29, 0.717) is 0 Å². The maximum Gasteiger partial charge on any atom is 0.0672 e. The third-order valence-corrected chi connectivity index (χ3v) is 11.5. The van der Waals surface area contributed by atoms with Crippen molar-refractivity contribution in [2.24, 2.45) is 4.99 Å². The molecule has 0 saturated heterocycles. The number of hydrogen-bond donors (Lipinski definition) is 0. The molecule has 1 heterocycles. The Morgan fingerprint density at radius 1 is 0.615 bits per heavy atom. The molecule has 8 aromatic carbocycles. The van der Waals surface area contributed by atoms with Gasteiger partial charge in [0.15, 0.2) is 0 Å². The molecule has 1 unspecified atom stereocenters. The van der Waals surface area contributed by atoms with Crippen LogP contribution in [0.4, 0.5) is 5.69 Å². The lowest BCUT2D eigenvalue weighted by atomic mass is 9.80. The molecule has 1 aliphatic rings. The Morgan fingerprint density at radius 2 is 1.21 bits per heavy atom. The third kappa shape index (κ3) is 5.18. The van der Waals surface area contributed by atoms with E-state index in [0.717, 1.165) is 30.5 Å². The van der Waals surface area contributed by atoms with E-state index in [1.54, 1.807) is 0 Å². The molecule has 1 aliphatic heterocycles. The fraction of sp³-hybridized carbons (Fsp3) is 0.157. The molecular weight excluding hydrogens is 627 g/mol. The number of aliphatic imine (C=N–C) groups is 1. The Morgan fingerprint density at radius 3 is 1.90 bits per heavy atom. The second-order valence-corrected chi connectivity index (χ2v) is 14.7. The summed E-state index contributed by atoms with van der Waals surface area (Å²) >= 11 is 0. The molecule has 1 nitrogen and oxygen atoms in total. The minimum absolute atomic E-state index is 0.248. The van der Waals surface area contributed by atoms with Crippen molar-refractivity contribution in [1.29, 1.82) is 0 Å². The SMILES string of the molecule is C=C(Cc1ccccc1C)c1cc(-c2ccc(CC)cc2)c2ccc3c(C4=Nc5ccccc5C4CC)cc(-c4ccc(C)cc4)c4ccc1c2c34. The zero-order valence-electron chi connectivity index (χ0n) is 30.6. The first-order chi connectivity index (χ1) is 25.4. The molecule has 0 saturated carbocycles. The van der Waals surface area contributed by atoms with Gasteiger partial charge in [0.1, 0.15) is 0 Å². The lowest BCUT2D eigenvalue weighted by Gasteiger charge is -2.23. The summed E-state index contributed by atoms with van der Waals surface area (Å²) in [7, 11) is 0. The summed E-state index contributed by atoms with van der Waals surface area (Å²) in [6.07, 6.45) is 2.82. The van der Waals surface area contributed by atoms with E-state index in [2.05, 4.69) is 161 Å². The molecule has 0 aliphatic carbocycles. The van der Waals surface area contributed by atoms with Crippen molar-refractivity contribution in [2.75, 3.05) is 0 Å². The van der Waals surface area contributed by atoms with Crippen LogP contribution in [0.15, 0.2) is 145 Å². The number of nitrogens with zero attached hydrogens (tertiary/aromatic N) is 1. The van der Waals surface area contributed by atoms with Gasteiger partial charge in [-0.05, 0) is 139 Å². The first kappa shape index (κ1) is 32.1. The van der Waals surface area contributed by atoms with E-state index < -0.39 is 0 Å². The molecule has 1 atom stereocenters. The Bertz CT molecular complexity index is 2690. The monoisotopic (exact) mass is 669 g/mol. The van der Waals surface area contributed by atoms with Gasteiger partial charge in [-0.15, -0.1) is 0 Å². The number of hydrogen-bond acceptors (Lipinski definition) is 1. The normalized spacial score (nSPS) is 14.0. The quantitative estimate of drug-likeness (QED) is 0.143. The predicted molar refractivity (Wildman–Crippen MR) is 225 cm³/mol. The van der Waals surface area contributed by atoms with Gasteiger partial charge in [-0.1, -0.05) is 141 Å². The molecule has 9 rings (SSSR count). The molecule has 52 heavy (non-hydrogen) atoms. The highest BCUT2D eigenvalue weighted by atomic mass is 14.8. The van der Waals surface area contributed by atoms with Crippen LogP contribution in [0.5, 0.6) is 0 Å². The van der Waals surface area contributed by atoms with Gasteiger partial charge < -0.3 is 0 Å². The molecule has 0 fully saturated rings. The van der Waals surface area contributed by atoms with Gasteiger partial charge in [-0.25, -0.2) is 0 Å². The molecule has 0 aromatic heterocycles. The van der Waals surface area contributed by atoms with Gasteiger partial charge in [0.05, 0.1) is 11.4 Å². The maximum absolute atomic E-state index is 5.39. The minimum atomic E-state index is 0.248. The van der Waals surface area contributed by atoms with E-state index in [4.69, 9.17) is 11.6 Å². The molecule has 0 amide bonds. The highest BCUT2D eigenvalue weighted by molar-refractivity contribution is 6.33. The van der Waals surface area contributed by atoms with Crippen LogP contribution in [0.3, 0.4) is 0 Å². The fourth-order valence-corrected chi connectivity index (χ4v) is 8.66. The van der Waals surface area contributed by atoms with Crippen molar-refractivity contribution in [3.8, 4) is 22.3 Å². The fourth-order valence-electron chi connectivity index (χ4n) is 8.66. The molecule has 0 bridgehead atoms. The zero-order valence-corrected chi connectivity index (χ0v) is 30.6. The average molecular weight is 670 g/mol. The molecule has 0 spiro atoms. The van der Waals surface area contributed by atoms with Gasteiger partial charge in [-0.3, -0.25) is 4.99 Å². The predicted octanol–water partition coefficient (Wildman–Crippen LogP) is 14.0. The van der Waals surface area contributed by atoms with Crippen molar-refractivity contribution in [3.63, 3.8) is 0 Å². The lowest BCUT2D eigenvalue weighted by Crippen LogP contribution is -2.10. The van der Waals surface area contributed by atoms with Gasteiger partial charge in [0.2, 0.25) is 0 Å². The summed E-state index contributed by atoms with van der Waals surface area (Å²) in [5, 5.41) is 7.71. The van der Waals surface area contributed by atoms with Gasteiger partial charge in [0, 0.05) is 11.5 Å². The van der Waals surface area contributed by atoms with Gasteiger partial charge in [0.25, 0.3) is 0 Å². The first-order valence-corrected chi connectivity index (χ1v) is 18.8. The number of fused-ring (bicyclic) bond motifs is 1. The first-order valence-electron chi connectivity index (χ1n) is 18.8. The Balaban J connectivity index is 1.39. The summed E-state index contributed by atoms with van der Waals surface area (Å²) < 4.78 is 0. The smallest absolute Gasteiger partial charge is 0.0672 e. The summed E-state index contributed by atoms with van der Waals surface area (Å²) in [6.45, 7) is 13.7. The largest absolute Gasteiger partial charge is 0.252 e. The van der Waals surface area contributed by atoms with E-state index in [1.165, 1.54) is 99.2 Å². The number of allylic oxidation sites excluding steroid dienone is 1. The highest BCUT2D eigenvalue weighted by Gasteiger charge is 2.30. The maximum atomic E-state index is 5.39.